The van der Waals surface area contributed by atoms with Gasteiger partial charge in [-0.25, -0.2) is 13.1 Å². The summed E-state index contributed by atoms with van der Waals surface area (Å²) in [5, 5.41) is 0. The van der Waals surface area contributed by atoms with Crippen LogP contribution in [-0.4, -0.2) is 14.5 Å². The fraction of sp³-hybridized carbons (Fsp3) is 0.333. The zero-order valence-electron chi connectivity index (χ0n) is 9.60. The monoisotopic (exact) mass is 239 g/mol. The molecule has 0 amide bonds. The summed E-state index contributed by atoms with van der Waals surface area (Å²) in [7, 11) is -3.42. The van der Waals surface area contributed by atoms with Gasteiger partial charge in [0, 0.05) is 6.04 Å². The summed E-state index contributed by atoms with van der Waals surface area (Å²) < 4.78 is 26.4. The van der Waals surface area contributed by atoms with Gasteiger partial charge in [0.05, 0.1) is 4.90 Å². The number of rotatable bonds is 5. The van der Waals surface area contributed by atoms with Crippen LogP contribution in [0.15, 0.2) is 41.8 Å². The van der Waals surface area contributed by atoms with Gasteiger partial charge in [-0.2, -0.15) is 0 Å². The number of hydrogen-bond acceptors (Lipinski definition) is 2. The molecule has 0 heterocycles. The quantitative estimate of drug-likeness (QED) is 0.801. The van der Waals surface area contributed by atoms with Crippen LogP contribution in [0.2, 0.25) is 0 Å². The molecule has 1 aromatic carbocycles. The predicted octanol–water partition coefficient (Wildman–Crippen LogP) is 2.24. The number of nitrogens with one attached hydrogen (secondary N) is 1. The molecule has 0 aliphatic carbocycles. The van der Waals surface area contributed by atoms with Crippen molar-refractivity contribution in [2.45, 2.75) is 31.2 Å². The van der Waals surface area contributed by atoms with Crippen LogP contribution in [0, 0.1) is 6.92 Å². The molecule has 1 unspecified atom stereocenters. The van der Waals surface area contributed by atoms with Gasteiger partial charge < -0.3 is 0 Å². The lowest BCUT2D eigenvalue weighted by Gasteiger charge is -2.12. The van der Waals surface area contributed by atoms with E-state index in [1.165, 1.54) is 0 Å². The molecule has 3 nitrogen and oxygen atoms in total. The summed E-state index contributed by atoms with van der Waals surface area (Å²) in [6, 6.07) is 6.56. The lowest BCUT2D eigenvalue weighted by molar-refractivity contribution is 0.568. The van der Waals surface area contributed by atoms with Crippen molar-refractivity contribution >= 4 is 10.0 Å². The molecule has 0 bridgehead atoms. The molecule has 88 valence electrons. The molecule has 1 aromatic rings. The normalized spacial score (nSPS) is 13.4. The Hall–Kier alpha value is -1.13. The molecule has 1 N–H and O–H groups in total. The van der Waals surface area contributed by atoms with Gasteiger partial charge in [-0.15, -0.1) is 6.58 Å². The molecular weight excluding hydrogens is 222 g/mol. The summed E-state index contributed by atoms with van der Waals surface area (Å²) >= 11 is 0. The molecule has 0 spiro atoms. The molecule has 0 saturated carbocycles. The molecule has 0 aromatic heterocycles. The molecule has 16 heavy (non-hydrogen) atoms. The minimum Gasteiger partial charge on any atom is -0.207 e. The van der Waals surface area contributed by atoms with E-state index in [1.807, 2.05) is 13.8 Å². The van der Waals surface area contributed by atoms with E-state index in [1.54, 1.807) is 30.3 Å². The number of hydrogen-bond donors (Lipinski definition) is 1. The van der Waals surface area contributed by atoms with Gasteiger partial charge >= 0.3 is 0 Å². The first-order chi connectivity index (χ1) is 7.49. The third-order valence-corrected chi connectivity index (χ3v) is 3.87. The van der Waals surface area contributed by atoms with Crippen molar-refractivity contribution in [2.24, 2.45) is 0 Å². The highest BCUT2D eigenvalue weighted by Crippen LogP contribution is 2.11. The van der Waals surface area contributed by atoms with Crippen molar-refractivity contribution in [1.82, 2.24) is 4.72 Å². The average Bonchev–Trinajstić information content (AvgIpc) is 2.26. The van der Waals surface area contributed by atoms with Gasteiger partial charge in [0.25, 0.3) is 0 Å². The highest BCUT2D eigenvalue weighted by atomic mass is 32.2. The first kappa shape index (κ1) is 12.9. The maximum Gasteiger partial charge on any atom is 0.241 e. The summed E-state index contributed by atoms with van der Waals surface area (Å²) in [6.45, 7) is 7.42. The molecular formula is C12H17NO2S. The maximum atomic E-state index is 11.9. The van der Waals surface area contributed by atoms with Crippen molar-refractivity contribution in [1.29, 1.82) is 0 Å². The second kappa shape index (κ2) is 5.27. The number of benzene rings is 1. The van der Waals surface area contributed by atoms with Gasteiger partial charge in [0.1, 0.15) is 0 Å². The van der Waals surface area contributed by atoms with Gasteiger partial charge in [0.2, 0.25) is 10.0 Å². The van der Waals surface area contributed by atoms with Crippen LogP contribution in [-0.2, 0) is 10.0 Å². The van der Waals surface area contributed by atoms with Crippen LogP contribution >= 0.6 is 0 Å². The first-order valence-corrected chi connectivity index (χ1v) is 6.69. The van der Waals surface area contributed by atoms with Crippen molar-refractivity contribution in [2.75, 3.05) is 0 Å². The lowest BCUT2D eigenvalue weighted by Crippen LogP contribution is -2.32. The third-order valence-electron chi connectivity index (χ3n) is 2.36. The Bertz CT molecular complexity index is 448. The Labute approximate surface area is 97.2 Å². The van der Waals surface area contributed by atoms with Crippen molar-refractivity contribution in [3.63, 3.8) is 0 Å². The van der Waals surface area contributed by atoms with Crippen LogP contribution < -0.4 is 4.72 Å². The SMILES string of the molecule is C=CC(CC)NS(=O)(=O)c1ccc(C)cc1. The smallest absolute Gasteiger partial charge is 0.207 e. The molecule has 1 atom stereocenters. The fourth-order valence-corrected chi connectivity index (χ4v) is 2.57. The van der Waals surface area contributed by atoms with Gasteiger partial charge in [0.15, 0.2) is 0 Å². The minimum atomic E-state index is -3.42. The first-order valence-electron chi connectivity index (χ1n) is 5.21. The Morgan fingerprint density at radius 3 is 2.38 bits per heavy atom. The predicted molar refractivity (Wildman–Crippen MR) is 65.8 cm³/mol. The molecule has 0 radical (unpaired) electrons. The largest absolute Gasteiger partial charge is 0.241 e. The molecule has 1 rings (SSSR count). The Morgan fingerprint density at radius 2 is 1.94 bits per heavy atom. The van der Waals surface area contributed by atoms with E-state index >= 15 is 0 Å². The number of sulfonamides is 1. The Kier molecular flexibility index (Phi) is 4.26. The number of aryl methyl sites for hydroxylation is 1. The maximum absolute atomic E-state index is 11.9. The van der Waals surface area contributed by atoms with E-state index < -0.39 is 10.0 Å². The van der Waals surface area contributed by atoms with Crippen molar-refractivity contribution in [3.8, 4) is 0 Å². The molecule has 0 saturated heterocycles. The topological polar surface area (TPSA) is 46.2 Å². The zero-order valence-corrected chi connectivity index (χ0v) is 10.4. The van der Waals surface area contributed by atoms with E-state index in [4.69, 9.17) is 0 Å². The second-order valence-corrected chi connectivity index (χ2v) is 5.40. The second-order valence-electron chi connectivity index (χ2n) is 3.68. The average molecular weight is 239 g/mol. The highest BCUT2D eigenvalue weighted by molar-refractivity contribution is 7.89. The van der Waals surface area contributed by atoms with Gasteiger partial charge in [-0.1, -0.05) is 30.7 Å². The van der Waals surface area contributed by atoms with Gasteiger partial charge in [-0.3, -0.25) is 0 Å². The molecule has 0 aliphatic rings. The lowest BCUT2D eigenvalue weighted by atomic mass is 10.2. The highest BCUT2D eigenvalue weighted by Gasteiger charge is 2.16. The van der Waals surface area contributed by atoms with Gasteiger partial charge in [-0.05, 0) is 25.5 Å². The van der Waals surface area contributed by atoms with E-state index in [-0.39, 0.29) is 6.04 Å². The molecule has 0 aliphatic heterocycles. The minimum absolute atomic E-state index is 0.216. The Morgan fingerprint density at radius 1 is 1.38 bits per heavy atom. The zero-order chi connectivity index (χ0) is 12.2. The van der Waals surface area contributed by atoms with Crippen LogP contribution in [0.5, 0.6) is 0 Å². The summed E-state index contributed by atoms with van der Waals surface area (Å²) in [6.07, 6.45) is 2.29. The van der Waals surface area contributed by atoms with E-state index in [2.05, 4.69) is 11.3 Å². The summed E-state index contributed by atoms with van der Waals surface area (Å²) in [5.41, 5.74) is 1.04. The van der Waals surface area contributed by atoms with Crippen LogP contribution in [0.1, 0.15) is 18.9 Å². The van der Waals surface area contributed by atoms with Crippen molar-refractivity contribution in [3.05, 3.63) is 42.5 Å². The molecule has 4 heteroatoms. The van der Waals surface area contributed by atoms with E-state index in [0.717, 1.165) is 5.56 Å². The van der Waals surface area contributed by atoms with E-state index in [9.17, 15) is 8.42 Å². The summed E-state index contributed by atoms with van der Waals surface area (Å²) in [4.78, 5) is 0.290. The standard InChI is InChI=1S/C12H17NO2S/c1-4-11(5-2)13-16(14,15)12-8-6-10(3)7-9-12/h4,6-9,11,13H,1,5H2,2-3H3. The third kappa shape index (κ3) is 3.18. The van der Waals surface area contributed by atoms with Crippen LogP contribution in [0.4, 0.5) is 0 Å². The Balaban J connectivity index is 2.94. The van der Waals surface area contributed by atoms with Crippen LogP contribution in [0.25, 0.3) is 0 Å². The molecule has 0 fully saturated rings. The van der Waals surface area contributed by atoms with E-state index in [0.29, 0.717) is 11.3 Å². The van der Waals surface area contributed by atoms with Crippen molar-refractivity contribution < 1.29 is 8.42 Å². The fourth-order valence-electron chi connectivity index (χ4n) is 1.28. The summed E-state index contributed by atoms with van der Waals surface area (Å²) in [5.74, 6) is 0. The van der Waals surface area contributed by atoms with Crippen LogP contribution in [0.3, 0.4) is 0 Å².